The molecule has 0 spiro atoms. The molecule has 1 aromatic rings. The minimum absolute atomic E-state index is 0.408. The molecule has 0 aromatic heterocycles. The number of hydrogen-bond acceptors (Lipinski definition) is 3. The van der Waals surface area contributed by atoms with Gasteiger partial charge in [-0.15, -0.1) is 0 Å². The summed E-state index contributed by atoms with van der Waals surface area (Å²) in [5.74, 6) is 1.78. The predicted octanol–water partition coefficient (Wildman–Crippen LogP) is 3.32. The Morgan fingerprint density at radius 1 is 1.20 bits per heavy atom. The molecule has 1 saturated carbocycles. The third-order valence-corrected chi connectivity index (χ3v) is 4.05. The van der Waals surface area contributed by atoms with E-state index in [1.165, 1.54) is 18.4 Å². The fourth-order valence-electron chi connectivity index (χ4n) is 2.58. The number of nitrogens with zero attached hydrogens (tertiary/aromatic N) is 2. The smallest absolute Gasteiger partial charge is 0.124 e. The van der Waals surface area contributed by atoms with Crippen LogP contribution in [0, 0.1) is 5.92 Å². The van der Waals surface area contributed by atoms with E-state index in [1.54, 1.807) is 0 Å². The molecule has 0 saturated heterocycles. The van der Waals surface area contributed by atoms with E-state index in [9.17, 15) is 0 Å². The van der Waals surface area contributed by atoms with E-state index < -0.39 is 0 Å². The summed E-state index contributed by atoms with van der Waals surface area (Å²) in [6.45, 7) is 5.13. The number of hydrogen-bond donors (Lipinski definition) is 1. The van der Waals surface area contributed by atoms with Crippen molar-refractivity contribution in [2.45, 2.75) is 38.8 Å². The second kappa shape index (κ2) is 5.70. The first kappa shape index (κ1) is 13.2. The monoisotopic (exact) mass is 269 g/mol. The maximum absolute atomic E-state index is 4.65. The molecule has 20 heavy (non-hydrogen) atoms. The van der Waals surface area contributed by atoms with Crippen LogP contribution in [0.5, 0.6) is 0 Å². The van der Waals surface area contributed by atoms with Gasteiger partial charge >= 0.3 is 0 Å². The zero-order valence-electron chi connectivity index (χ0n) is 12.3. The Kier molecular flexibility index (Phi) is 3.77. The molecule has 1 aliphatic heterocycles. The third kappa shape index (κ3) is 3.03. The summed E-state index contributed by atoms with van der Waals surface area (Å²) < 4.78 is 0. The maximum Gasteiger partial charge on any atom is 0.124 e. The second-order valence-corrected chi connectivity index (χ2v) is 5.98. The molecule has 0 amide bonds. The van der Waals surface area contributed by atoms with Gasteiger partial charge in [-0.2, -0.15) is 0 Å². The van der Waals surface area contributed by atoms with Gasteiger partial charge in [0.1, 0.15) is 12.5 Å². The Hall–Kier alpha value is -1.77. The number of benzene rings is 1. The molecule has 2 aliphatic rings. The van der Waals surface area contributed by atoms with Crippen LogP contribution in [0.25, 0.3) is 0 Å². The van der Waals surface area contributed by atoms with Gasteiger partial charge in [0.2, 0.25) is 0 Å². The van der Waals surface area contributed by atoms with Gasteiger partial charge in [-0.25, -0.2) is 4.99 Å². The molecule has 3 nitrogen and oxygen atoms in total. The molecule has 106 valence electrons. The highest BCUT2D eigenvalue weighted by molar-refractivity contribution is 5.93. The summed E-state index contributed by atoms with van der Waals surface area (Å²) in [7, 11) is 0. The lowest BCUT2D eigenvalue weighted by Crippen LogP contribution is -2.35. The molecule has 1 aliphatic carbocycles. The number of rotatable bonds is 4. The fraction of sp³-hybridized carbons (Fsp3) is 0.471. The lowest BCUT2D eigenvalue weighted by molar-refractivity contribution is 0.317. The molecule has 1 atom stereocenters. The van der Waals surface area contributed by atoms with Crippen molar-refractivity contribution in [3.05, 3.63) is 48.2 Å². The van der Waals surface area contributed by atoms with E-state index in [0.717, 1.165) is 18.4 Å². The quantitative estimate of drug-likeness (QED) is 0.908. The van der Waals surface area contributed by atoms with E-state index >= 15 is 0 Å². The molecule has 1 aromatic carbocycles. The molecule has 1 unspecified atom stereocenters. The van der Waals surface area contributed by atoms with Gasteiger partial charge < -0.3 is 10.2 Å². The maximum atomic E-state index is 4.65. The first-order chi connectivity index (χ1) is 9.74. The number of amidine groups is 1. The van der Waals surface area contributed by atoms with E-state index in [4.69, 9.17) is 0 Å². The standard InChI is InChI=1S/C17H23N3/c1-13(2)20-11-10-16(18-12-20)19-17(15-8-9-15)14-6-4-3-5-7-14/h3-7,10-11,13,15,17H,8-9,12H2,1-2H3,(H,18,19). The molecular formula is C17H23N3. The fourth-order valence-corrected chi connectivity index (χ4v) is 2.58. The van der Waals surface area contributed by atoms with Crippen LogP contribution in [0.15, 0.2) is 47.6 Å². The first-order valence-corrected chi connectivity index (χ1v) is 7.54. The van der Waals surface area contributed by atoms with Gasteiger partial charge in [-0.1, -0.05) is 30.3 Å². The van der Waals surface area contributed by atoms with E-state index in [-0.39, 0.29) is 0 Å². The van der Waals surface area contributed by atoms with Crippen LogP contribution in [0.4, 0.5) is 0 Å². The zero-order valence-corrected chi connectivity index (χ0v) is 12.3. The molecule has 1 heterocycles. The van der Waals surface area contributed by atoms with Crippen molar-refractivity contribution in [1.82, 2.24) is 10.2 Å². The Balaban J connectivity index is 1.68. The lowest BCUT2D eigenvalue weighted by atomic mass is 10.0. The van der Waals surface area contributed by atoms with Gasteiger partial charge in [-0.3, -0.25) is 0 Å². The van der Waals surface area contributed by atoms with Crippen LogP contribution in [0.2, 0.25) is 0 Å². The van der Waals surface area contributed by atoms with E-state index in [0.29, 0.717) is 12.1 Å². The minimum atomic E-state index is 0.408. The highest BCUT2D eigenvalue weighted by Gasteiger charge is 2.32. The van der Waals surface area contributed by atoms with Crippen LogP contribution in [-0.4, -0.2) is 23.4 Å². The van der Waals surface area contributed by atoms with Crippen LogP contribution >= 0.6 is 0 Å². The van der Waals surface area contributed by atoms with Crippen LogP contribution in [-0.2, 0) is 0 Å². The van der Waals surface area contributed by atoms with Gasteiger partial charge in [0.25, 0.3) is 0 Å². The summed E-state index contributed by atoms with van der Waals surface area (Å²) in [6.07, 6.45) is 6.89. The Labute approximate surface area is 121 Å². The molecule has 1 N–H and O–H groups in total. The van der Waals surface area contributed by atoms with Gasteiger partial charge in [0, 0.05) is 12.2 Å². The Morgan fingerprint density at radius 2 is 1.95 bits per heavy atom. The molecule has 3 rings (SSSR count). The van der Waals surface area contributed by atoms with Gasteiger partial charge in [-0.05, 0) is 44.2 Å². The van der Waals surface area contributed by atoms with Crippen molar-refractivity contribution in [2.75, 3.05) is 6.67 Å². The van der Waals surface area contributed by atoms with Gasteiger partial charge in [0.05, 0.1) is 6.04 Å². The van der Waals surface area contributed by atoms with Crippen molar-refractivity contribution < 1.29 is 0 Å². The van der Waals surface area contributed by atoms with Crippen molar-refractivity contribution in [1.29, 1.82) is 0 Å². The average Bonchev–Trinajstić information content (AvgIpc) is 3.31. The van der Waals surface area contributed by atoms with Crippen LogP contribution in [0.1, 0.15) is 38.3 Å². The predicted molar refractivity (Wildman–Crippen MR) is 83.5 cm³/mol. The summed E-state index contributed by atoms with van der Waals surface area (Å²) in [4.78, 5) is 6.89. The second-order valence-electron chi connectivity index (χ2n) is 5.98. The summed E-state index contributed by atoms with van der Waals surface area (Å²) in [5.41, 5.74) is 1.37. The summed E-state index contributed by atoms with van der Waals surface area (Å²) in [6, 6.07) is 11.6. The third-order valence-electron chi connectivity index (χ3n) is 4.05. The van der Waals surface area contributed by atoms with Crippen LogP contribution in [0.3, 0.4) is 0 Å². The molecular weight excluding hydrogens is 246 g/mol. The highest BCUT2D eigenvalue weighted by atomic mass is 15.2. The van der Waals surface area contributed by atoms with Crippen LogP contribution < -0.4 is 5.32 Å². The topological polar surface area (TPSA) is 27.6 Å². The molecule has 1 fully saturated rings. The van der Waals surface area contributed by atoms with Crippen molar-refractivity contribution in [3.63, 3.8) is 0 Å². The largest absolute Gasteiger partial charge is 0.363 e. The minimum Gasteiger partial charge on any atom is -0.363 e. The Morgan fingerprint density at radius 3 is 2.50 bits per heavy atom. The highest BCUT2D eigenvalue weighted by Crippen LogP contribution is 2.41. The zero-order chi connectivity index (χ0) is 13.9. The summed E-state index contributed by atoms with van der Waals surface area (Å²) >= 11 is 0. The number of nitrogens with one attached hydrogen (secondary N) is 1. The average molecular weight is 269 g/mol. The SMILES string of the molecule is CC(C)N1C=CC(NC(c2ccccc2)C2CC2)=NC1. The first-order valence-electron chi connectivity index (χ1n) is 7.54. The molecule has 0 radical (unpaired) electrons. The molecule has 0 bridgehead atoms. The Bertz CT molecular complexity index is 500. The van der Waals surface area contributed by atoms with Gasteiger partial charge in [0.15, 0.2) is 0 Å². The summed E-state index contributed by atoms with van der Waals surface area (Å²) in [5, 5.41) is 3.63. The van der Waals surface area contributed by atoms with E-state index in [2.05, 4.69) is 71.7 Å². The van der Waals surface area contributed by atoms with Crippen molar-refractivity contribution in [3.8, 4) is 0 Å². The van der Waals surface area contributed by atoms with E-state index in [1.807, 2.05) is 0 Å². The lowest BCUT2D eigenvalue weighted by Gasteiger charge is -2.27. The van der Waals surface area contributed by atoms with Crippen molar-refractivity contribution in [2.24, 2.45) is 10.9 Å². The normalized spacial score (nSPS) is 19.9. The number of aliphatic imine (C=N–C) groups is 1. The van der Waals surface area contributed by atoms with Crippen molar-refractivity contribution >= 4 is 5.84 Å². The molecule has 3 heteroatoms.